The predicted molar refractivity (Wildman–Crippen MR) is 62.5 cm³/mol. The number of fused-ring (bicyclic) bond motifs is 1. The van der Waals surface area contributed by atoms with Gasteiger partial charge in [-0.05, 0) is 19.1 Å². The van der Waals surface area contributed by atoms with Gasteiger partial charge in [0.05, 0.1) is 10.0 Å². The Kier molecular flexibility index (Phi) is 2.74. The summed E-state index contributed by atoms with van der Waals surface area (Å²) in [7, 11) is 0. The molecule has 0 atom stereocenters. The smallest absolute Gasteiger partial charge is 0.347 e. The zero-order chi connectivity index (χ0) is 11.9. The van der Waals surface area contributed by atoms with E-state index in [2.05, 4.69) is 0 Å². The molecule has 1 aromatic carbocycles. The molecule has 0 saturated heterocycles. The first-order valence-corrected chi connectivity index (χ1v) is 5.18. The van der Waals surface area contributed by atoms with Gasteiger partial charge < -0.3 is 4.42 Å². The molecule has 2 aromatic rings. The van der Waals surface area contributed by atoms with Crippen LogP contribution in [0.15, 0.2) is 27.4 Å². The minimum atomic E-state index is -0.668. The van der Waals surface area contributed by atoms with Gasteiger partial charge in [0.2, 0.25) is 0 Å². The highest BCUT2D eigenvalue weighted by atomic mass is 35.5. The highest BCUT2D eigenvalue weighted by Crippen LogP contribution is 2.27. The number of hydrogen-bond donors (Lipinski definition) is 0. The maximum Gasteiger partial charge on any atom is 0.347 e. The number of halogens is 2. The minimum absolute atomic E-state index is 0.00545. The van der Waals surface area contributed by atoms with Gasteiger partial charge >= 0.3 is 5.63 Å². The Morgan fingerprint density at radius 2 is 1.81 bits per heavy atom. The molecule has 1 heterocycles. The van der Waals surface area contributed by atoms with Crippen LogP contribution in [0.3, 0.4) is 0 Å². The van der Waals surface area contributed by atoms with Crippen LogP contribution in [0.1, 0.15) is 17.3 Å². The number of ketones is 1. The quantitative estimate of drug-likeness (QED) is 0.581. The van der Waals surface area contributed by atoms with E-state index >= 15 is 0 Å². The van der Waals surface area contributed by atoms with Crippen LogP contribution in [0.25, 0.3) is 11.0 Å². The fraction of sp³-hybridized carbons (Fsp3) is 0.0909. The van der Waals surface area contributed by atoms with Crippen LogP contribution in [-0.2, 0) is 0 Å². The normalized spacial score (nSPS) is 10.7. The molecule has 0 aliphatic carbocycles. The van der Waals surface area contributed by atoms with Crippen LogP contribution in [-0.4, -0.2) is 5.78 Å². The summed E-state index contributed by atoms with van der Waals surface area (Å²) in [5.41, 5.74) is -0.353. The molecule has 0 aliphatic heterocycles. The van der Waals surface area contributed by atoms with E-state index in [1.54, 1.807) is 6.07 Å². The van der Waals surface area contributed by atoms with Gasteiger partial charge in [0.15, 0.2) is 5.78 Å². The van der Waals surface area contributed by atoms with Crippen molar-refractivity contribution in [1.82, 2.24) is 0 Å². The molecule has 0 amide bonds. The van der Waals surface area contributed by atoms with Crippen molar-refractivity contribution >= 4 is 40.0 Å². The van der Waals surface area contributed by atoms with Gasteiger partial charge in [-0.3, -0.25) is 4.79 Å². The molecule has 0 spiro atoms. The molecule has 0 unspecified atom stereocenters. The molecule has 0 aliphatic rings. The Hall–Kier alpha value is -1.32. The summed E-state index contributed by atoms with van der Waals surface area (Å²) < 4.78 is 4.97. The molecule has 2 rings (SSSR count). The zero-order valence-electron chi connectivity index (χ0n) is 8.21. The van der Waals surface area contributed by atoms with Crippen molar-refractivity contribution in [2.75, 3.05) is 0 Å². The summed E-state index contributed by atoms with van der Waals surface area (Å²) in [5.74, 6) is -0.346. The Morgan fingerprint density at radius 3 is 2.44 bits per heavy atom. The van der Waals surface area contributed by atoms with Crippen LogP contribution < -0.4 is 5.63 Å². The molecule has 3 nitrogen and oxygen atoms in total. The van der Waals surface area contributed by atoms with E-state index in [0.717, 1.165) is 0 Å². The minimum Gasteiger partial charge on any atom is -0.422 e. The molecule has 5 heteroatoms. The average molecular weight is 257 g/mol. The van der Waals surface area contributed by atoms with Gasteiger partial charge in [-0.2, -0.15) is 0 Å². The predicted octanol–water partition coefficient (Wildman–Crippen LogP) is 3.30. The first-order chi connectivity index (χ1) is 7.49. The summed E-state index contributed by atoms with van der Waals surface area (Å²) in [6.45, 7) is 1.30. The van der Waals surface area contributed by atoms with E-state index < -0.39 is 5.63 Å². The summed E-state index contributed by atoms with van der Waals surface area (Å²) >= 11 is 11.6. The molecule has 82 valence electrons. The Morgan fingerprint density at radius 1 is 1.19 bits per heavy atom. The monoisotopic (exact) mass is 256 g/mol. The van der Waals surface area contributed by atoms with Crippen LogP contribution in [0, 0.1) is 0 Å². The van der Waals surface area contributed by atoms with Crippen molar-refractivity contribution in [2.45, 2.75) is 6.92 Å². The van der Waals surface area contributed by atoms with Crippen molar-refractivity contribution in [1.29, 1.82) is 0 Å². The van der Waals surface area contributed by atoms with Crippen molar-refractivity contribution in [3.63, 3.8) is 0 Å². The lowest BCUT2D eigenvalue weighted by Crippen LogP contribution is -2.10. The SMILES string of the molecule is CC(=O)c1cc2cc(Cl)c(Cl)cc2oc1=O. The molecule has 16 heavy (non-hydrogen) atoms. The summed E-state index contributed by atoms with van der Waals surface area (Å²) in [4.78, 5) is 22.5. The van der Waals surface area contributed by atoms with Crippen molar-refractivity contribution in [3.05, 3.63) is 44.2 Å². The lowest BCUT2D eigenvalue weighted by molar-refractivity contribution is 0.101. The average Bonchev–Trinajstić information content (AvgIpc) is 2.19. The van der Waals surface area contributed by atoms with Crippen LogP contribution in [0.5, 0.6) is 0 Å². The third kappa shape index (κ3) is 1.84. The van der Waals surface area contributed by atoms with E-state index in [0.29, 0.717) is 21.0 Å². The molecule has 0 radical (unpaired) electrons. The molecule has 0 fully saturated rings. The highest BCUT2D eigenvalue weighted by Gasteiger charge is 2.10. The Balaban J connectivity index is 2.85. The third-order valence-corrected chi connectivity index (χ3v) is 2.88. The van der Waals surface area contributed by atoms with Gasteiger partial charge in [-0.1, -0.05) is 23.2 Å². The Bertz CT molecular complexity index is 643. The lowest BCUT2D eigenvalue weighted by Gasteiger charge is -2.01. The first-order valence-electron chi connectivity index (χ1n) is 4.43. The van der Waals surface area contributed by atoms with Crippen LogP contribution in [0.4, 0.5) is 0 Å². The van der Waals surface area contributed by atoms with Crippen LogP contribution >= 0.6 is 23.2 Å². The van der Waals surface area contributed by atoms with Crippen LogP contribution in [0.2, 0.25) is 10.0 Å². The van der Waals surface area contributed by atoms with Crippen molar-refractivity contribution in [2.24, 2.45) is 0 Å². The fourth-order valence-corrected chi connectivity index (χ4v) is 1.69. The molecule has 0 bridgehead atoms. The second-order valence-electron chi connectivity index (χ2n) is 3.31. The second kappa shape index (κ2) is 3.92. The summed E-state index contributed by atoms with van der Waals surface area (Å²) in [6.07, 6.45) is 0. The third-order valence-electron chi connectivity index (χ3n) is 2.15. The Labute approximate surface area is 101 Å². The standard InChI is InChI=1S/C11H6Cl2O3/c1-5(14)7-2-6-3-8(12)9(13)4-10(6)16-11(7)15/h2-4H,1H3. The van der Waals surface area contributed by atoms with Gasteiger partial charge in [-0.25, -0.2) is 4.79 Å². The fourth-order valence-electron chi connectivity index (χ4n) is 1.36. The van der Waals surface area contributed by atoms with Gasteiger partial charge in [-0.15, -0.1) is 0 Å². The zero-order valence-corrected chi connectivity index (χ0v) is 9.72. The number of hydrogen-bond acceptors (Lipinski definition) is 3. The van der Waals surface area contributed by atoms with Crippen molar-refractivity contribution in [3.8, 4) is 0 Å². The van der Waals surface area contributed by atoms with E-state index in [-0.39, 0.29) is 11.3 Å². The largest absolute Gasteiger partial charge is 0.422 e. The maximum atomic E-state index is 11.4. The number of rotatable bonds is 1. The second-order valence-corrected chi connectivity index (χ2v) is 4.12. The number of Topliss-reactive ketones (excluding diaryl/α,β-unsaturated/α-hetero) is 1. The highest BCUT2D eigenvalue weighted by molar-refractivity contribution is 6.42. The number of carbonyl (C=O) groups is 1. The molecule has 0 N–H and O–H groups in total. The first kappa shape index (κ1) is 11.2. The summed E-state index contributed by atoms with van der Waals surface area (Å²) in [6, 6.07) is 4.45. The maximum absolute atomic E-state index is 11.4. The molecular weight excluding hydrogens is 251 g/mol. The molecular formula is C11H6Cl2O3. The topological polar surface area (TPSA) is 47.3 Å². The van der Waals surface area contributed by atoms with E-state index in [1.807, 2.05) is 0 Å². The lowest BCUT2D eigenvalue weighted by atomic mass is 10.1. The van der Waals surface area contributed by atoms with Gasteiger partial charge in [0.25, 0.3) is 0 Å². The number of carbonyl (C=O) groups excluding carboxylic acids is 1. The van der Waals surface area contributed by atoms with E-state index in [4.69, 9.17) is 27.6 Å². The van der Waals surface area contributed by atoms with Crippen molar-refractivity contribution < 1.29 is 9.21 Å². The van der Waals surface area contributed by atoms with E-state index in [1.165, 1.54) is 19.1 Å². The van der Waals surface area contributed by atoms with Gasteiger partial charge in [0, 0.05) is 11.5 Å². The summed E-state index contributed by atoms with van der Waals surface area (Å²) in [5, 5.41) is 1.21. The molecule has 1 aromatic heterocycles. The van der Waals surface area contributed by atoms with Gasteiger partial charge in [0.1, 0.15) is 11.1 Å². The van der Waals surface area contributed by atoms with E-state index in [9.17, 15) is 9.59 Å². The molecule has 0 saturated carbocycles. The number of benzene rings is 1.